The molecule has 25 heavy (non-hydrogen) atoms. The van der Waals surface area contributed by atoms with Crippen molar-refractivity contribution in [1.29, 1.82) is 0 Å². The van der Waals surface area contributed by atoms with Gasteiger partial charge in [0.1, 0.15) is 5.82 Å². The maximum atomic E-state index is 13.5. The second-order valence-corrected chi connectivity index (χ2v) is 5.57. The van der Waals surface area contributed by atoms with Crippen LogP contribution in [0.5, 0.6) is 0 Å². The quantitative estimate of drug-likeness (QED) is 0.494. The van der Waals surface area contributed by atoms with Crippen LogP contribution in [-0.2, 0) is 4.79 Å². The lowest BCUT2D eigenvalue weighted by Gasteiger charge is -2.12. The minimum Gasteiger partial charge on any atom is -0.343 e. The lowest BCUT2D eigenvalue weighted by Crippen LogP contribution is -2.47. The molecule has 2 aromatic rings. The average molecular weight is 360 g/mol. The summed E-state index contributed by atoms with van der Waals surface area (Å²) in [5, 5.41) is 5.12. The molecule has 4 N–H and O–H groups in total. The Kier molecular flexibility index (Phi) is 6.41. The van der Waals surface area contributed by atoms with E-state index in [2.05, 4.69) is 21.5 Å². The van der Waals surface area contributed by atoms with E-state index in [1.54, 1.807) is 30.3 Å². The van der Waals surface area contributed by atoms with Crippen LogP contribution in [0.3, 0.4) is 0 Å². The molecule has 0 unspecified atom stereocenters. The molecule has 0 aliphatic heterocycles. The van der Waals surface area contributed by atoms with E-state index in [0.717, 1.165) is 5.56 Å². The zero-order valence-electron chi connectivity index (χ0n) is 13.4. The van der Waals surface area contributed by atoms with Crippen molar-refractivity contribution in [3.05, 3.63) is 65.5 Å². The van der Waals surface area contributed by atoms with Gasteiger partial charge in [-0.3, -0.25) is 20.4 Å². The zero-order chi connectivity index (χ0) is 18.2. The molecule has 2 aromatic carbocycles. The number of carbonyl (C=O) groups excluding carboxylic acids is 2. The van der Waals surface area contributed by atoms with Crippen molar-refractivity contribution in [2.24, 2.45) is 0 Å². The van der Waals surface area contributed by atoms with Crippen LogP contribution in [0.15, 0.2) is 48.5 Å². The number of nitrogens with one attached hydrogen (secondary N) is 4. The molecule has 130 valence electrons. The van der Waals surface area contributed by atoms with Gasteiger partial charge in [0, 0.05) is 5.56 Å². The van der Waals surface area contributed by atoms with Gasteiger partial charge < -0.3 is 10.6 Å². The van der Waals surface area contributed by atoms with Crippen molar-refractivity contribution in [3.63, 3.8) is 0 Å². The van der Waals surface area contributed by atoms with Gasteiger partial charge in [0.2, 0.25) is 0 Å². The number of hydrogen-bond acceptors (Lipinski definition) is 3. The third-order valence-corrected chi connectivity index (χ3v) is 3.33. The normalized spacial score (nSPS) is 9.84. The maximum Gasteiger partial charge on any atom is 0.257 e. The number of rotatable bonds is 4. The molecule has 0 atom stereocenters. The molecular formula is C17H17FN4O2S. The number of benzene rings is 2. The average Bonchev–Trinajstić information content (AvgIpc) is 2.60. The summed E-state index contributed by atoms with van der Waals surface area (Å²) in [7, 11) is 0. The van der Waals surface area contributed by atoms with Crippen molar-refractivity contribution in [1.82, 2.24) is 16.2 Å². The van der Waals surface area contributed by atoms with Crippen molar-refractivity contribution >= 4 is 34.8 Å². The van der Waals surface area contributed by atoms with Crippen LogP contribution in [0.25, 0.3) is 0 Å². The molecule has 0 bridgehead atoms. The molecule has 2 amide bonds. The van der Waals surface area contributed by atoms with Gasteiger partial charge in [0.05, 0.1) is 12.2 Å². The second-order valence-electron chi connectivity index (χ2n) is 5.16. The number of thiocarbonyl (C=S) groups is 1. The van der Waals surface area contributed by atoms with Crippen LogP contribution in [-0.4, -0.2) is 23.5 Å². The van der Waals surface area contributed by atoms with Gasteiger partial charge in [0.25, 0.3) is 11.8 Å². The van der Waals surface area contributed by atoms with E-state index in [-0.39, 0.29) is 23.3 Å². The lowest BCUT2D eigenvalue weighted by atomic mass is 10.1. The molecule has 0 aromatic heterocycles. The molecule has 0 radical (unpaired) electrons. The fourth-order valence-electron chi connectivity index (χ4n) is 1.94. The first-order chi connectivity index (χ1) is 12.0. The van der Waals surface area contributed by atoms with Gasteiger partial charge in [-0.2, -0.15) is 0 Å². The fraction of sp³-hybridized carbons (Fsp3) is 0.118. The first-order valence-corrected chi connectivity index (χ1v) is 7.82. The van der Waals surface area contributed by atoms with Crippen LogP contribution < -0.4 is 21.5 Å². The standard InChI is InChI=1S/C17H17FN4O2S/c1-11-5-4-6-12(9-11)16(24)19-10-15(23)21-22-17(25)20-14-8-3-2-7-13(14)18/h2-9H,10H2,1H3,(H,19,24)(H,21,23)(H2,20,22,25). The molecule has 0 heterocycles. The predicted octanol–water partition coefficient (Wildman–Crippen LogP) is 1.88. The molecule has 0 aliphatic rings. The smallest absolute Gasteiger partial charge is 0.257 e. The van der Waals surface area contributed by atoms with Gasteiger partial charge >= 0.3 is 0 Å². The highest BCUT2D eigenvalue weighted by Gasteiger charge is 2.09. The van der Waals surface area contributed by atoms with E-state index in [0.29, 0.717) is 5.56 Å². The summed E-state index contributed by atoms with van der Waals surface area (Å²) in [5.74, 6) is -1.33. The van der Waals surface area contributed by atoms with Gasteiger partial charge in [-0.1, -0.05) is 29.8 Å². The number of hydrogen-bond donors (Lipinski definition) is 4. The first kappa shape index (κ1) is 18.3. The summed E-state index contributed by atoms with van der Waals surface area (Å²) in [4.78, 5) is 23.6. The molecule has 0 spiro atoms. The minimum absolute atomic E-state index is 0.0171. The zero-order valence-corrected chi connectivity index (χ0v) is 14.2. The highest BCUT2D eigenvalue weighted by molar-refractivity contribution is 7.80. The summed E-state index contributed by atoms with van der Waals surface area (Å²) < 4.78 is 13.5. The summed E-state index contributed by atoms with van der Waals surface area (Å²) in [5.41, 5.74) is 6.34. The van der Waals surface area contributed by atoms with Gasteiger partial charge in [-0.05, 0) is 43.4 Å². The molecule has 8 heteroatoms. The fourth-order valence-corrected chi connectivity index (χ4v) is 2.10. The lowest BCUT2D eigenvalue weighted by molar-refractivity contribution is -0.120. The number of para-hydroxylation sites is 1. The van der Waals surface area contributed by atoms with E-state index in [4.69, 9.17) is 12.2 Å². The highest BCUT2D eigenvalue weighted by Crippen LogP contribution is 2.11. The molecule has 6 nitrogen and oxygen atoms in total. The van der Waals surface area contributed by atoms with Gasteiger partial charge in [0.15, 0.2) is 5.11 Å². The molecule has 0 saturated carbocycles. The Morgan fingerprint density at radius 2 is 1.84 bits per heavy atom. The van der Waals surface area contributed by atoms with E-state index in [9.17, 15) is 14.0 Å². The summed E-state index contributed by atoms with van der Waals surface area (Å²) >= 11 is 4.95. The molecule has 0 saturated heterocycles. The van der Waals surface area contributed by atoms with E-state index < -0.39 is 11.7 Å². The largest absolute Gasteiger partial charge is 0.343 e. The van der Waals surface area contributed by atoms with Crippen LogP contribution in [0.1, 0.15) is 15.9 Å². The Bertz CT molecular complexity index is 798. The maximum absolute atomic E-state index is 13.5. The summed E-state index contributed by atoms with van der Waals surface area (Å²) in [6.45, 7) is 1.64. The molecular weight excluding hydrogens is 343 g/mol. The van der Waals surface area contributed by atoms with Crippen molar-refractivity contribution in [2.75, 3.05) is 11.9 Å². The second kappa shape index (κ2) is 8.74. The van der Waals surface area contributed by atoms with Gasteiger partial charge in [-0.15, -0.1) is 0 Å². The van der Waals surface area contributed by atoms with Crippen LogP contribution in [0.4, 0.5) is 10.1 Å². The molecule has 0 aliphatic carbocycles. The van der Waals surface area contributed by atoms with Crippen LogP contribution >= 0.6 is 12.2 Å². The van der Waals surface area contributed by atoms with Crippen molar-refractivity contribution in [2.45, 2.75) is 6.92 Å². The Labute approximate surface area is 149 Å². The number of halogens is 1. The Morgan fingerprint density at radius 1 is 1.08 bits per heavy atom. The Morgan fingerprint density at radius 3 is 2.56 bits per heavy atom. The van der Waals surface area contributed by atoms with Crippen LogP contribution in [0, 0.1) is 12.7 Å². The Balaban J connectivity index is 1.74. The van der Waals surface area contributed by atoms with Crippen LogP contribution in [0.2, 0.25) is 0 Å². The van der Waals surface area contributed by atoms with Crippen molar-refractivity contribution in [3.8, 4) is 0 Å². The summed E-state index contributed by atoms with van der Waals surface area (Å²) in [6.07, 6.45) is 0. The minimum atomic E-state index is -0.501. The number of aryl methyl sites for hydroxylation is 1. The number of hydrazine groups is 1. The third-order valence-electron chi connectivity index (χ3n) is 3.13. The Hall–Kier alpha value is -3.00. The van der Waals surface area contributed by atoms with E-state index >= 15 is 0 Å². The van der Waals surface area contributed by atoms with E-state index in [1.807, 2.05) is 13.0 Å². The van der Waals surface area contributed by atoms with Crippen molar-refractivity contribution < 1.29 is 14.0 Å². The number of carbonyl (C=O) groups is 2. The predicted molar refractivity (Wildman–Crippen MR) is 97.4 cm³/mol. The molecule has 0 fully saturated rings. The molecule has 2 rings (SSSR count). The highest BCUT2D eigenvalue weighted by atomic mass is 32.1. The SMILES string of the molecule is Cc1cccc(C(=O)NCC(=O)NNC(=S)Nc2ccccc2F)c1. The monoisotopic (exact) mass is 360 g/mol. The third kappa shape index (κ3) is 5.85. The number of amides is 2. The summed E-state index contributed by atoms with van der Waals surface area (Å²) in [6, 6.07) is 13.0. The van der Waals surface area contributed by atoms with Gasteiger partial charge in [-0.25, -0.2) is 4.39 Å². The first-order valence-electron chi connectivity index (χ1n) is 7.41. The topological polar surface area (TPSA) is 82.3 Å². The van der Waals surface area contributed by atoms with E-state index in [1.165, 1.54) is 12.1 Å². The number of anilines is 1.